The summed E-state index contributed by atoms with van der Waals surface area (Å²) in [5, 5.41) is 7.53. The Labute approximate surface area is 316 Å². The van der Waals surface area contributed by atoms with Crippen LogP contribution >= 0.6 is 0 Å². The van der Waals surface area contributed by atoms with E-state index in [0.717, 1.165) is 0 Å². The van der Waals surface area contributed by atoms with Crippen molar-refractivity contribution in [3.63, 3.8) is 0 Å². The average molecular weight is 685 g/mol. The number of fused-ring (bicyclic) bond motifs is 3. The van der Waals surface area contributed by atoms with E-state index in [1.807, 2.05) is 0 Å². The van der Waals surface area contributed by atoms with Crippen LogP contribution in [0.15, 0.2) is 218 Å². The summed E-state index contributed by atoms with van der Waals surface area (Å²) in [6, 6.07) is 79.9. The molecule has 0 heterocycles. The fourth-order valence-corrected chi connectivity index (χ4v) is 8.15. The van der Waals surface area contributed by atoms with E-state index in [-0.39, 0.29) is 0 Å². The lowest BCUT2D eigenvalue weighted by Crippen LogP contribution is -1.91. The molecule has 0 saturated heterocycles. The van der Waals surface area contributed by atoms with Crippen LogP contribution in [0.2, 0.25) is 0 Å². The quantitative estimate of drug-likeness (QED) is 0.164. The third-order valence-corrected chi connectivity index (χ3v) is 10.9. The molecule has 0 spiro atoms. The van der Waals surface area contributed by atoms with Gasteiger partial charge in [0.2, 0.25) is 0 Å². The van der Waals surface area contributed by atoms with Crippen LogP contribution in [-0.4, -0.2) is 0 Å². The number of hydrogen-bond acceptors (Lipinski definition) is 0. The third-order valence-electron chi connectivity index (χ3n) is 10.9. The van der Waals surface area contributed by atoms with Crippen LogP contribution in [0.4, 0.5) is 0 Å². The van der Waals surface area contributed by atoms with Gasteiger partial charge in [-0.3, -0.25) is 0 Å². The Hall–Kier alpha value is -7.02. The summed E-state index contributed by atoms with van der Waals surface area (Å²) in [5.74, 6) is 0. The van der Waals surface area contributed by atoms with Crippen LogP contribution < -0.4 is 0 Å². The molecular formula is C54H36. The van der Waals surface area contributed by atoms with Crippen molar-refractivity contribution in [3.8, 4) is 66.8 Å². The molecule has 10 aromatic rings. The highest BCUT2D eigenvalue weighted by Crippen LogP contribution is 2.43. The van der Waals surface area contributed by atoms with E-state index in [1.165, 1.54) is 99.1 Å². The molecule has 0 aromatic heterocycles. The highest BCUT2D eigenvalue weighted by molar-refractivity contribution is 6.09. The lowest BCUT2D eigenvalue weighted by Gasteiger charge is -2.18. The molecule has 0 aliphatic heterocycles. The Morgan fingerprint density at radius 3 is 0.907 bits per heavy atom. The first-order valence-corrected chi connectivity index (χ1v) is 18.7. The second kappa shape index (κ2) is 13.5. The first-order valence-electron chi connectivity index (χ1n) is 18.7. The highest BCUT2D eigenvalue weighted by Gasteiger charge is 2.16. The van der Waals surface area contributed by atoms with Gasteiger partial charge in [-0.2, -0.15) is 0 Å². The maximum Gasteiger partial charge on any atom is -0.00926 e. The van der Waals surface area contributed by atoms with Crippen molar-refractivity contribution in [2.45, 2.75) is 0 Å². The Morgan fingerprint density at radius 1 is 0.167 bits per heavy atom. The van der Waals surface area contributed by atoms with Crippen molar-refractivity contribution in [1.29, 1.82) is 0 Å². The van der Waals surface area contributed by atoms with Crippen LogP contribution in [-0.2, 0) is 0 Å². The molecule has 0 saturated carbocycles. The molecule has 0 heteroatoms. The number of benzene rings is 10. The number of rotatable bonds is 6. The minimum absolute atomic E-state index is 1.20. The Morgan fingerprint density at radius 2 is 0.500 bits per heavy atom. The molecule has 54 heavy (non-hydrogen) atoms. The zero-order chi connectivity index (χ0) is 35.8. The third kappa shape index (κ3) is 5.75. The molecule has 252 valence electrons. The average Bonchev–Trinajstić information content (AvgIpc) is 3.26. The van der Waals surface area contributed by atoms with E-state index >= 15 is 0 Å². The van der Waals surface area contributed by atoms with Gasteiger partial charge in [-0.15, -0.1) is 0 Å². The second-order valence-corrected chi connectivity index (χ2v) is 14.1. The predicted octanol–water partition coefficient (Wildman–Crippen LogP) is 15.1. The van der Waals surface area contributed by atoms with Crippen molar-refractivity contribution in [1.82, 2.24) is 0 Å². The summed E-state index contributed by atoms with van der Waals surface area (Å²) >= 11 is 0. The first-order chi connectivity index (χ1) is 26.8. The van der Waals surface area contributed by atoms with Crippen LogP contribution in [0.25, 0.3) is 99.1 Å². The van der Waals surface area contributed by atoms with Gasteiger partial charge in [-0.25, -0.2) is 0 Å². The lowest BCUT2D eigenvalue weighted by atomic mass is 9.86. The van der Waals surface area contributed by atoms with E-state index in [2.05, 4.69) is 218 Å². The Bertz CT molecular complexity index is 2720. The van der Waals surface area contributed by atoms with Crippen LogP contribution in [0.5, 0.6) is 0 Å². The normalized spacial score (nSPS) is 11.3. The van der Waals surface area contributed by atoms with E-state index in [1.54, 1.807) is 0 Å². The van der Waals surface area contributed by atoms with Crippen molar-refractivity contribution < 1.29 is 0 Å². The molecule has 0 radical (unpaired) electrons. The maximum absolute atomic E-state index is 2.39. The Balaban J connectivity index is 1.18. The monoisotopic (exact) mass is 684 g/mol. The summed E-state index contributed by atoms with van der Waals surface area (Å²) in [7, 11) is 0. The molecule has 0 N–H and O–H groups in total. The molecule has 10 aromatic carbocycles. The molecule has 0 bridgehead atoms. The van der Waals surface area contributed by atoms with E-state index in [4.69, 9.17) is 0 Å². The van der Waals surface area contributed by atoms with Crippen LogP contribution in [0.1, 0.15) is 0 Å². The minimum atomic E-state index is 1.20. The topological polar surface area (TPSA) is 0 Å². The molecule has 10 rings (SSSR count). The van der Waals surface area contributed by atoms with E-state index in [9.17, 15) is 0 Å². The summed E-state index contributed by atoms with van der Waals surface area (Å²) in [6.45, 7) is 0. The van der Waals surface area contributed by atoms with Gasteiger partial charge in [0.05, 0.1) is 0 Å². The summed E-state index contributed by atoms with van der Waals surface area (Å²) in [6.07, 6.45) is 0. The van der Waals surface area contributed by atoms with Gasteiger partial charge < -0.3 is 0 Å². The summed E-state index contributed by atoms with van der Waals surface area (Å²) in [5.41, 5.74) is 14.6. The molecule has 0 unspecified atom stereocenters. The fraction of sp³-hybridized carbons (Fsp3) is 0. The molecule has 0 amide bonds. The van der Waals surface area contributed by atoms with Gasteiger partial charge in [0, 0.05) is 0 Å². The summed E-state index contributed by atoms with van der Waals surface area (Å²) < 4.78 is 0. The largest absolute Gasteiger partial charge is 0.0622 e. The molecule has 0 aliphatic rings. The van der Waals surface area contributed by atoms with E-state index in [0.29, 0.717) is 0 Å². The second-order valence-electron chi connectivity index (χ2n) is 14.1. The minimum Gasteiger partial charge on any atom is -0.0622 e. The van der Waals surface area contributed by atoms with Gasteiger partial charge in [0.15, 0.2) is 0 Å². The summed E-state index contributed by atoms with van der Waals surface area (Å²) in [4.78, 5) is 0. The van der Waals surface area contributed by atoms with Crippen molar-refractivity contribution >= 4 is 32.3 Å². The molecule has 0 aliphatic carbocycles. The molecular weight excluding hydrogens is 649 g/mol. The van der Waals surface area contributed by atoms with Crippen molar-refractivity contribution in [2.24, 2.45) is 0 Å². The first kappa shape index (κ1) is 31.7. The van der Waals surface area contributed by atoms with E-state index < -0.39 is 0 Å². The highest BCUT2D eigenvalue weighted by atomic mass is 14.2. The SMILES string of the molecule is c1ccc(-c2cc(-c3ccc(-c4cccc5ccccc45)cc3)c3cc(-c4ccccc4)cc(-c4ccc(-c5cccc6ccccc56)cc4)c3c2)cc1. The standard InChI is InChI=1S/C54H36/c1-3-13-37(14-4-1)45-33-51(43-29-25-41(26-30-43)49-23-11-19-39-17-7-9-21-47(39)49)54-36-46(38-15-5-2-6-16-38)34-52(53(54)35-45)44-31-27-42(28-32-44)50-24-12-20-40-18-8-10-22-48(40)50/h1-36H. The zero-order valence-corrected chi connectivity index (χ0v) is 29.8. The molecule has 0 atom stereocenters. The fourth-order valence-electron chi connectivity index (χ4n) is 8.15. The maximum atomic E-state index is 2.39. The van der Waals surface area contributed by atoms with Crippen LogP contribution in [0.3, 0.4) is 0 Å². The number of hydrogen-bond donors (Lipinski definition) is 0. The van der Waals surface area contributed by atoms with Gasteiger partial charge in [0.25, 0.3) is 0 Å². The molecule has 0 nitrogen and oxygen atoms in total. The Kier molecular flexibility index (Phi) is 7.93. The molecule has 0 fully saturated rings. The van der Waals surface area contributed by atoms with Crippen LogP contribution in [0, 0.1) is 0 Å². The van der Waals surface area contributed by atoms with Gasteiger partial charge in [0.1, 0.15) is 0 Å². The van der Waals surface area contributed by atoms with Crippen molar-refractivity contribution in [3.05, 3.63) is 218 Å². The van der Waals surface area contributed by atoms with Gasteiger partial charge in [-0.1, -0.05) is 194 Å². The van der Waals surface area contributed by atoms with Gasteiger partial charge in [-0.05, 0) is 123 Å². The lowest BCUT2D eigenvalue weighted by molar-refractivity contribution is 1.58. The van der Waals surface area contributed by atoms with Gasteiger partial charge >= 0.3 is 0 Å². The zero-order valence-electron chi connectivity index (χ0n) is 29.8. The predicted molar refractivity (Wildman–Crippen MR) is 232 cm³/mol. The smallest absolute Gasteiger partial charge is 0.00926 e. The van der Waals surface area contributed by atoms with Crippen molar-refractivity contribution in [2.75, 3.05) is 0 Å².